The third-order valence-corrected chi connectivity index (χ3v) is 5.86. The zero-order chi connectivity index (χ0) is 22.0. The number of anilines is 1. The Morgan fingerprint density at radius 3 is 2.77 bits per heavy atom. The van der Waals surface area contributed by atoms with Crippen LogP contribution in [0.3, 0.4) is 0 Å². The lowest BCUT2D eigenvalue weighted by Gasteiger charge is -2.20. The van der Waals surface area contributed by atoms with Crippen LogP contribution in [0.2, 0.25) is 0 Å². The average Bonchev–Trinajstić information content (AvgIpc) is 3.50. The fourth-order valence-corrected chi connectivity index (χ4v) is 4.00. The number of alkyl halides is 1. The van der Waals surface area contributed by atoms with Gasteiger partial charge in [0.25, 0.3) is 0 Å². The van der Waals surface area contributed by atoms with Gasteiger partial charge >= 0.3 is 0 Å². The number of amides is 1. The van der Waals surface area contributed by atoms with E-state index in [4.69, 9.17) is 4.74 Å². The number of aryl methyl sites for hydroxylation is 1. The van der Waals surface area contributed by atoms with Gasteiger partial charge in [0.1, 0.15) is 23.3 Å². The number of carbonyl (C=O) groups is 1. The quantitative estimate of drug-likeness (QED) is 0.500. The molecule has 2 atom stereocenters. The van der Waals surface area contributed by atoms with Gasteiger partial charge in [0.05, 0.1) is 30.6 Å². The second-order valence-corrected chi connectivity index (χ2v) is 7.99. The summed E-state index contributed by atoms with van der Waals surface area (Å²) in [4.78, 5) is 25.3. The standard InChI is InChI=1S/C22H19BrF2N4O2/c1-13-26-11-19(18(9-23)28-13)31-12-22(14-3-2-4-15(24)7-14)8-17(22)21(30)29-20-6-5-16(25)10-27-20/h2-7,10-11,17H,8-9,12H2,1H3,(H,27,29,30)/t17-,22+/m0/s1. The number of rotatable bonds is 7. The van der Waals surface area contributed by atoms with E-state index in [2.05, 4.69) is 36.2 Å². The molecule has 31 heavy (non-hydrogen) atoms. The first-order valence-corrected chi connectivity index (χ1v) is 10.7. The predicted molar refractivity (Wildman–Crippen MR) is 114 cm³/mol. The molecule has 4 rings (SSSR count). The molecule has 0 radical (unpaired) electrons. The predicted octanol–water partition coefficient (Wildman–Crippen LogP) is 4.33. The number of pyridine rings is 1. The highest BCUT2D eigenvalue weighted by atomic mass is 79.9. The smallest absolute Gasteiger partial charge is 0.229 e. The minimum Gasteiger partial charge on any atom is -0.489 e. The summed E-state index contributed by atoms with van der Waals surface area (Å²) in [6.45, 7) is 1.94. The molecule has 160 valence electrons. The maximum Gasteiger partial charge on any atom is 0.229 e. The number of halogens is 3. The Hall–Kier alpha value is -2.94. The van der Waals surface area contributed by atoms with Crippen molar-refractivity contribution in [2.24, 2.45) is 5.92 Å². The fourth-order valence-electron chi connectivity index (χ4n) is 3.60. The summed E-state index contributed by atoms with van der Waals surface area (Å²) < 4.78 is 33.1. The Bertz CT molecular complexity index is 1110. The van der Waals surface area contributed by atoms with E-state index in [9.17, 15) is 13.6 Å². The van der Waals surface area contributed by atoms with Crippen molar-refractivity contribution in [3.05, 3.63) is 77.5 Å². The van der Waals surface area contributed by atoms with E-state index in [0.717, 1.165) is 6.20 Å². The third kappa shape index (κ3) is 4.56. The van der Waals surface area contributed by atoms with E-state index in [1.165, 1.54) is 24.3 Å². The van der Waals surface area contributed by atoms with Crippen LogP contribution in [0.5, 0.6) is 5.75 Å². The van der Waals surface area contributed by atoms with Gasteiger partial charge in [0.15, 0.2) is 5.75 Å². The van der Waals surface area contributed by atoms with E-state index in [-0.39, 0.29) is 24.1 Å². The van der Waals surface area contributed by atoms with Gasteiger partial charge in [-0.2, -0.15) is 0 Å². The molecule has 6 nitrogen and oxygen atoms in total. The molecule has 1 aliphatic rings. The lowest BCUT2D eigenvalue weighted by molar-refractivity contribution is -0.117. The van der Waals surface area contributed by atoms with Crippen molar-refractivity contribution in [1.29, 1.82) is 0 Å². The molecule has 1 saturated carbocycles. The molecule has 9 heteroatoms. The summed E-state index contributed by atoms with van der Waals surface area (Å²) in [5, 5.41) is 3.19. The van der Waals surface area contributed by atoms with Crippen molar-refractivity contribution in [2.75, 3.05) is 11.9 Å². The average molecular weight is 489 g/mol. The second kappa shape index (κ2) is 8.66. The molecule has 0 saturated heterocycles. The minimum absolute atomic E-state index is 0.151. The monoisotopic (exact) mass is 488 g/mol. The van der Waals surface area contributed by atoms with Gasteiger partial charge < -0.3 is 10.1 Å². The maximum atomic E-state index is 14.0. The lowest BCUT2D eigenvalue weighted by Crippen LogP contribution is -2.27. The molecular formula is C22H19BrF2N4O2. The van der Waals surface area contributed by atoms with Crippen molar-refractivity contribution < 1.29 is 18.3 Å². The van der Waals surface area contributed by atoms with E-state index in [1.807, 2.05) is 0 Å². The van der Waals surface area contributed by atoms with Crippen LogP contribution < -0.4 is 10.1 Å². The van der Waals surface area contributed by atoms with Crippen molar-refractivity contribution in [1.82, 2.24) is 15.0 Å². The number of nitrogens with zero attached hydrogens (tertiary/aromatic N) is 3. The zero-order valence-electron chi connectivity index (χ0n) is 16.6. The van der Waals surface area contributed by atoms with Crippen molar-refractivity contribution in [2.45, 2.75) is 24.1 Å². The van der Waals surface area contributed by atoms with Gasteiger partial charge in [0.2, 0.25) is 5.91 Å². The first-order valence-electron chi connectivity index (χ1n) is 9.61. The van der Waals surface area contributed by atoms with Gasteiger partial charge in [-0.15, -0.1) is 0 Å². The summed E-state index contributed by atoms with van der Waals surface area (Å²) in [5.74, 6) is -0.243. The highest BCUT2D eigenvalue weighted by molar-refractivity contribution is 9.08. The van der Waals surface area contributed by atoms with Crippen molar-refractivity contribution in [3.63, 3.8) is 0 Å². The Balaban J connectivity index is 1.57. The molecule has 1 fully saturated rings. The van der Waals surface area contributed by atoms with E-state index < -0.39 is 17.2 Å². The number of hydrogen-bond donors (Lipinski definition) is 1. The molecule has 3 aromatic rings. The molecule has 1 amide bonds. The maximum absolute atomic E-state index is 14.0. The number of ether oxygens (including phenoxy) is 1. The molecule has 0 spiro atoms. The third-order valence-electron chi connectivity index (χ3n) is 5.33. The molecule has 2 aromatic heterocycles. The molecule has 0 unspecified atom stereocenters. The normalized spacial score (nSPS) is 19.7. The molecule has 1 N–H and O–H groups in total. The SMILES string of the molecule is Cc1ncc(OC[C@@]2(c3cccc(F)c3)C[C@H]2C(=O)Nc2ccc(F)cn2)c(CBr)n1. The van der Waals surface area contributed by atoms with Crippen LogP contribution in [0.25, 0.3) is 0 Å². The van der Waals surface area contributed by atoms with Gasteiger partial charge in [-0.1, -0.05) is 28.1 Å². The Morgan fingerprint density at radius 2 is 2.06 bits per heavy atom. The van der Waals surface area contributed by atoms with Crippen LogP contribution >= 0.6 is 15.9 Å². The van der Waals surface area contributed by atoms with Crippen LogP contribution in [-0.2, 0) is 15.5 Å². The van der Waals surface area contributed by atoms with Crippen LogP contribution in [0.4, 0.5) is 14.6 Å². The van der Waals surface area contributed by atoms with Crippen LogP contribution in [0.1, 0.15) is 23.5 Å². The summed E-state index contributed by atoms with van der Waals surface area (Å²) >= 11 is 3.39. The number of benzene rings is 1. The summed E-state index contributed by atoms with van der Waals surface area (Å²) in [5.41, 5.74) is 0.660. The van der Waals surface area contributed by atoms with Crippen molar-refractivity contribution in [3.8, 4) is 5.75 Å². The van der Waals surface area contributed by atoms with E-state index >= 15 is 0 Å². The van der Waals surface area contributed by atoms with Gasteiger partial charge in [-0.25, -0.2) is 23.7 Å². The lowest BCUT2D eigenvalue weighted by atomic mass is 9.93. The number of carbonyl (C=O) groups excluding carboxylic acids is 1. The minimum atomic E-state index is -0.708. The summed E-state index contributed by atoms with van der Waals surface area (Å²) in [7, 11) is 0. The molecule has 1 aromatic carbocycles. The molecule has 2 heterocycles. The highest BCUT2D eigenvalue weighted by Crippen LogP contribution is 2.55. The fraction of sp³-hybridized carbons (Fsp3) is 0.273. The summed E-state index contributed by atoms with van der Waals surface area (Å²) in [6, 6.07) is 8.78. The Labute approximate surface area is 186 Å². The topological polar surface area (TPSA) is 77.0 Å². The van der Waals surface area contributed by atoms with Crippen LogP contribution in [0.15, 0.2) is 48.8 Å². The first-order chi connectivity index (χ1) is 14.9. The number of aromatic nitrogens is 3. The Morgan fingerprint density at radius 1 is 1.23 bits per heavy atom. The molecule has 0 bridgehead atoms. The highest BCUT2D eigenvalue weighted by Gasteiger charge is 2.60. The van der Waals surface area contributed by atoms with Gasteiger partial charge in [-0.3, -0.25) is 4.79 Å². The van der Waals surface area contributed by atoms with Crippen LogP contribution in [0, 0.1) is 24.5 Å². The van der Waals surface area contributed by atoms with E-state index in [1.54, 1.807) is 25.3 Å². The molecule has 0 aliphatic heterocycles. The van der Waals surface area contributed by atoms with Crippen molar-refractivity contribution >= 4 is 27.7 Å². The number of hydrogen-bond acceptors (Lipinski definition) is 5. The zero-order valence-corrected chi connectivity index (χ0v) is 18.2. The van der Waals surface area contributed by atoms with Gasteiger partial charge in [0, 0.05) is 10.7 Å². The molecular weight excluding hydrogens is 470 g/mol. The van der Waals surface area contributed by atoms with Crippen LogP contribution in [-0.4, -0.2) is 27.5 Å². The molecule has 1 aliphatic carbocycles. The largest absolute Gasteiger partial charge is 0.489 e. The number of nitrogens with one attached hydrogen (secondary N) is 1. The first kappa shape index (κ1) is 21.3. The van der Waals surface area contributed by atoms with Gasteiger partial charge in [-0.05, 0) is 43.2 Å². The summed E-state index contributed by atoms with van der Waals surface area (Å²) in [6.07, 6.45) is 3.10. The second-order valence-electron chi connectivity index (χ2n) is 7.42. The Kier molecular flexibility index (Phi) is 5.95. The van der Waals surface area contributed by atoms with E-state index in [0.29, 0.717) is 34.6 Å².